The van der Waals surface area contributed by atoms with E-state index in [-0.39, 0.29) is 18.6 Å². The molecule has 2 amide bonds. The summed E-state index contributed by atoms with van der Waals surface area (Å²) in [5.41, 5.74) is 2.24. The number of hydrogen-bond donors (Lipinski definition) is 1. The molecule has 28 heavy (non-hydrogen) atoms. The second-order valence-electron chi connectivity index (χ2n) is 7.58. The number of benzene rings is 2. The summed E-state index contributed by atoms with van der Waals surface area (Å²) in [6.07, 6.45) is 0.899. The summed E-state index contributed by atoms with van der Waals surface area (Å²) in [7, 11) is 0. The zero-order valence-electron chi connectivity index (χ0n) is 16.1. The third-order valence-electron chi connectivity index (χ3n) is 5.12. The highest BCUT2D eigenvalue weighted by atomic mass is 16.7. The Morgan fingerprint density at radius 1 is 1.18 bits per heavy atom. The van der Waals surface area contributed by atoms with Gasteiger partial charge < -0.3 is 19.7 Å². The molecule has 6 heteroatoms. The van der Waals surface area contributed by atoms with Gasteiger partial charge in [-0.3, -0.25) is 9.59 Å². The maximum atomic E-state index is 13.0. The van der Waals surface area contributed by atoms with Gasteiger partial charge in [-0.1, -0.05) is 38.1 Å². The molecule has 2 aliphatic heterocycles. The molecule has 1 atom stereocenters. The van der Waals surface area contributed by atoms with Crippen molar-refractivity contribution in [1.82, 2.24) is 10.2 Å². The molecule has 0 saturated heterocycles. The summed E-state index contributed by atoms with van der Waals surface area (Å²) in [5.74, 6) is 1.60. The van der Waals surface area contributed by atoms with E-state index in [1.807, 2.05) is 36.4 Å². The fraction of sp³-hybridized carbons (Fsp3) is 0.364. The molecule has 1 N–H and O–H groups in total. The van der Waals surface area contributed by atoms with Crippen LogP contribution in [-0.4, -0.2) is 30.1 Å². The maximum Gasteiger partial charge on any atom is 0.255 e. The third-order valence-corrected chi connectivity index (χ3v) is 5.12. The van der Waals surface area contributed by atoms with Crippen LogP contribution in [0, 0.1) is 5.92 Å². The van der Waals surface area contributed by atoms with Gasteiger partial charge >= 0.3 is 0 Å². The molecule has 4 rings (SSSR count). The Labute approximate surface area is 164 Å². The van der Waals surface area contributed by atoms with Crippen LogP contribution in [0.3, 0.4) is 0 Å². The number of rotatable bonds is 6. The van der Waals surface area contributed by atoms with Crippen molar-refractivity contribution in [2.45, 2.75) is 32.9 Å². The van der Waals surface area contributed by atoms with Gasteiger partial charge in [0.1, 0.15) is 6.04 Å². The zero-order valence-corrected chi connectivity index (χ0v) is 16.1. The van der Waals surface area contributed by atoms with Crippen LogP contribution in [0.1, 0.15) is 47.8 Å². The van der Waals surface area contributed by atoms with Gasteiger partial charge in [0.05, 0.1) is 0 Å². The van der Waals surface area contributed by atoms with Crippen LogP contribution >= 0.6 is 0 Å². The normalized spacial score (nSPS) is 17.2. The molecule has 6 nitrogen and oxygen atoms in total. The Kier molecular flexibility index (Phi) is 4.94. The number of fused-ring (bicyclic) bond motifs is 2. The van der Waals surface area contributed by atoms with Crippen LogP contribution in [0.25, 0.3) is 0 Å². The first-order chi connectivity index (χ1) is 13.5. The lowest BCUT2D eigenvalue weighted by Crippen LogP contribution is -2.39. The fourth-order valence-corrected chi connectivity index (χ4v) is 3.63. The third kappa shape index (κ3) is 3.42. The smallest absolute Gasteiger partial charge is 0.255 e. The van der Waals surface area contributed by atoms with E-state index >= 15 is 0 Å². The second kappa shape index (κ2) is 7.54. The lowest BCUT2D eigenvalue weighted by molar-refractivity contribution is -0.125. The van der Waals surface area contributed by atoms with Crippen molar-refractivity contribution in [3.8, 4) is 11.5 Å². The molecule has 0 bridgehead atoms. The van der Waals surface area contributed by atoms with Crippen molar-refractivity contribution in [2.75, 3.05) is 13.3 Å². The molecule has 0 saturated carbocycles. The van der Waals surface area contributed by atoms with Crippen molar-refractivity contribution in [1.29, 1.82) is 0 Å². The first kappa shape index (κ1) is 18.3. The highest BCUT2D eigenvalue weighted by Gasteiger charge is 2.40. The zero-order chi connectivity index (χ0) is 19.7. The van der Waals surface area contributed by atoms with Crippen LogP contribution < -0.4 is 14.8 Å². The van der Waals surface area contributed by atoms with E-state index in [1.54, 1.807) is 11.0 Å². The van der Waals surface area contributed by atoms with E-state index in [1.165, 1.54) is 0 Å². The summed E-state index contributed by atoms with van der Waals surface area (Å²) in [6, 6.07) is 12.3. The highest BCUT2D eigenvalue weighted by molar-refractivity contribution is 6.04. The SMILES string of the molecule is CC(C)CCNC(=O)C1c2ccccc2C(=O)N1Cc1ccc2c(c1)OCO2. The van der Waals surface area contributed by atoms with E-state index in [2.05, 4.69) is 19.2 Å². The van der Waals surface area contributed by atoms with Gasteiger partial charge in [-0.25, -0.2) is 0 Å². The van der Waals surface area contributed by atoms with Crippen LogP contribution in [0.5, 0.6) is 11.5 Å². The van der Waals surface area contributed by atoms with Crippen molar-refractivity contribution in [3.63, 3.8) is 0 Å². The highest BCUT2D eigenvalue weighted by Crippen LogP contribution is 2.37. The van der Waals surface area contributed by atoms with Crippen LogP contribution in [0.4, 0.5) is 0 Å². The maximum absolute atomic E-state index is 13.0. The molecule has 0 aromatic heterocycles. The number of hydrogen-bond acceptors (Lipinski definition) is 4. The molecule has 2 aromatic rings. The van der Waals surface area contributed by atoms with Gasteiger partial charge in [0.2, 0.25) is 12.7 Å². The number of carbonyl (C=O) groups is 2. The Bertz CT molecular complexity index is 909. The fourth-order valence-electron chi connectivity index (χ4n) is 3.63. The minimum atomic E-state index is -0.624. The molecule has 2 aromatic carbocycles. The Morgan fingerprint density at radius 3 is 2.79 bits per heavy atom. The number of amides is 2. The van der Waals surface area contributed by atoms with E-state index in [4.69, 9.17) is 9.47 Å². The summed E-state index contributed by atoms with van der Waals surface area (Å²) >= 11 is 0. The van der Waals surface area contributed by atoms with Gasteiger partial charge in [-0.2, -0.15) is 0 Å². The van der Waals surface area contributed by atoms with Gasteiger partial charge in [0.25, 0.3) is 5.91 Å². The predicted molar refractivity (Wildman–Crippen MR) is 104 cm³/mol. The van der Waals surface area contributed by atoms with E-state index in [0.717, 1.165) is 17.5 Å². The minimum absolute atomic E-state index is 0.128. The summed E-state index contributed by atoms with van der Waals surface area (Å²) in [6.45, 7) is 5.36. The summed E-state index contributed by atoms with van der Waals surface area (Å²) in [4.78, 5) is 27.6. The number of carbonyl (C=O) groups excluding carboxylic acids is 2. The topological polar surface area (TPSA) is 67.9 Å². The summed E-state index contributed by atoms with van der Waals surface area (Å²) in [5, 5.41) is 3.00. The Morgan fingerprint density at radius 2 is 1.96 bits per heavy atom. The lowest BCUT2D eigenvalue weighted by Gasteiger charge is -2.25. The van der Waals surface area contributed by atoms with E-state index < -0.39 is 6.04 Å². The predicted octanol–water partition coefficient (Wildman–Crippen LogP) is 3.27. The van der Waals surface area contributed by atoms with Gasteiger partial charge in [0, 0.05) is 18.7 Å². The molecule has 0 spiro atoms. The Hall–Kier alpha value is -3.02. The van der Waals surface area contributed by atoms with E-state index in [0.29, 0.717) is 36.1 Å². The quantitative estimate of drug-likeness (QED) is 0.835. The van der Waals surface area contributed by atoms with Gasteiger partial charge in [-0.15, -0.1) is 0 Å². The van der Waals surface area contributed by atoms with Crippen molar-refractivity contribution < 1.29 is 19.1 Å². The average molecular weight is 380 g/mol. The minimum Gasteiger partial charge on any atom is -0.454 e. The van der Waals surface area contributed by atoms with Crippen molar-refractivity contribution in [2.24, 2.45) is 5.92 Å². The number of nitrogens with zero attached hydrogens (tertiary/aromatic N) is 1. The molecule has 0 aliphatic carbocycles. The number of nitrogens with one attached hydrogen (secondary N) is 1. The van der Waals surface area contributed by atoms with Crippen LogP contribution in [-0.2, 0) is 11.3 Å². The molecule has 0 fully saturated rings. The first-order valence-corrected chi connectivity index (χ1v) is 9.60. The molecule has 0 radical (unpaired) electrons. The van der Waals surface area contributed by atoms with Crippen LogP contribution in [0.15, 0.2) is 42.5 Å². The van der Waals surface area contributed by atoms with Gasteiger partial charge in [0.15, 0.2) is 11.5 Å². The Balaban J connectivity index is 1.59. The molecular weight excluding hydrogens is 356 g/mol. The van der Waals surface area contributed by atoms with Crippen molar-refractivity contribution in [3.05, 3.63) is 59.2 Å². The van der Waals surface area contributed by atoms with Crippen molar-refractivity contribution >= 4 is 11.8 Å². The average Bonchev–Trinajstić information content (AvgIpc) is 3.24. The molecule has 2 aliphatic rings. The van der Waals surface area contributed by atoms with Crippen LogP contribution in [0.2, 0.25) is 0 Å². The lowest BCUT2D eigenvalue weighted by atomic mass is 10.0. The molecule has 146 valence electrons. The molecular formula is C22H24N2O4. The second-order valence-corrected chi connectivity index (χ2v) is 7.58. The standard InChI is InChI=1S/C22H24N2O4/c1-14(2)9-10-23-21(25)20-16-5-3-4-6-17(16)22(26)24(20)12-15-7-8-18-19(11-15)28-13-27-18/h3-8,11,14,20H,9-10,12-13H2,1-2H3,(H,23,25). The first-order valence-electron chi connectivity index (χ1n) is 9.60. The monoisotopic (exact) mass is 380 g/mol. The van der Waals surface area contributed by atoms with E-state index in [9.17, 15) is 9.59 Å². The summed E-state index contributed by atoms with van der Waals surface area (Å²) < 4.78 is 10.8. The molecule has 2 heterocycles. The number of ether oxygens (including phenoxy) is 2. The molecule has 1 unspecified atom stereocenters. The largest absolute Gasteiger partial charge is 0.454 e. The van der Waals surface area contributed by atoms with Gasteiger partial charge in [-0.05, 0) is 41.7 Å².